The van der Waals surface area contributed by atoms with E-state index in [1.54, 1.807) is 0 Å². The zero-order valence-corrected chi connectivity index (χ0v) is 9.87. The van der Waals surface area contributed by atoms with Crippen molar-refractivity contribution >= 4 is 23.2 Å². The van der Waals surface area contributed by atoms with Gasteiger partial charge in [-0.2, -0.15) is 0 Å². The largest absolute Gasteiger partial charge is 0.102 e. The van der Waals surface area contributed by atoms with Crippen LogP contribution in [0.25, 0.3) is 0 Å². The van der Waals surface area contributed by atoms with Gasteiger partial charge in [0.2, 0.25) is 0 Å². The van der Waals surface area contributed by atoms with Crippen molar-refractivity contribution in [3.63, 3.8) is 0 Å². The van der Waals surface area contributed by atoms with Crippen LogP contribution in [0.3, 0.4) is 0 Å². The maximum Gasteiger partial charge on any atom is 0.102 e. The minimum absolute atomic E-state index is 0.403. The minimum Gasteiger partial charge on any atom is -0.0713 e. The van der Waals surface area contributed by atoms with Crippen LogP contribution in [0.2, 0.25) is 0 Å². The Labute approximate surface area is 92.3 Å². The molecule has 77 valence electrons. The van der Waals surface area contributed by atoms with Crippen molar-refractivity contribution in [2.45, 2.75) is 51.9 Å². The Hall–Kier alpha value is 0.320. The van der Waals surface area contributed by atoms with Crippen molar-refractivity contribution in [3.05, 3.63) is 17.0 Å². The highest BCUT2D eigenvalue weighted by atomic mass is 35.5. The standard InChI is InChI=1S/C11H19Cl2/c1-2-3-4-5-6-7-8-9-10-11(12)13/h2,10H,3-9H2,1H3. The number of halogens is 2. The quantitative estimate of drug-likeness (QED) is 0.491. The molecule has 0 heterocycles. The topological polar surface area (TPSA) is 0 Å². The monoisotopic (exact) mass is 221 g/mol. The fourth-order valence-corrected chi connectivity index (χ4v) is 1.45. The Morgan fingerprint density at radius 3 is 2.00 bits per heavy atom. The summed E-state index contributed by atoms with van der Waals surface area (Å²) in [4.78, 5) is 0. The smallest absolute Gasteiger partial charge is 0.0713 e. The summed E-state index contributed by atoms with van der Waals surface area (Å²) in [5, 5.41) is 0. The summed E-state index contributed by atoms with van der Waals surface area (Å²) in [5.41, 5.74) is 0. The molecule has 0 bridgehead atoms. The van der Waals surface area contributed by atoms with Crippen molar-refractivity contribution in [1.82, 2.24) is 0 Å². The highest BCUT2D eigenvalue weighted by Crippen LogP contribution is 2.12. The van der Waals surface area contributed by atoms with Crippen molar-refractivity contribution in [2.75, 3.05) is 0 Å². The molecule has 0 N–H and O–H groups in total. The molecule has 0 rings (SSSR count). The van der Waals surface area contributed by atoms with Gasteiger partial charge < -0.3 is 0 Å². The lowest BCUT2D eigenvalue weighted by molar-refractivity contribution is 0.615. The fraction of sp³-hybridized carbons (Fsp3) is 0.727. The summed E-state index contributed by atoms with van der Waals surface area (Å²) in [5.74, 6) is 0. The van der Waals surface area contributed by atoms with Gasteiger partial charge in [0.05, 0.1) is 0 Å². The zero-order valence-electron chi connectivity index (χ0n) is 8.36. The van der Waals surface area contributed by atoms with Gasteiger partial charge in [0.15, 0.2) is 0 Å². The Bertz CT molecular complexity index is 126. The molecule has 0 aliphatic carbocycles. The molecule has 0 spiro atoms. The average molecular weight is 222 g/mol. The van der Waals surface area contributed by atoms with Crippen molar-refractivity contribution < 1.29 is 0 Å². The molecule has 0 aromatic rings. The van der Waals surface area contributed by atoms with Crippen molar-refractivity contribution in [2.24, 2.45) is 0 Å². The van der Waals surface area contributed by atoms with Gasteiger partial charge in [0.1, 0.15) is 4.49 Å². The van der Waals surface area contributed by atoms with Crippen LogP contribution in [-0.4, -0.2) is 0 Å². The molecular weight excluding hydrogens is 203 g/mol. The summed E-state index contributed by atoms with van der Waals surface area (Å²) >= 11 is 11.0. The zero-order chi connectivity index (χ0) is 9.94. The van der Waals surface area contributed by atoms with Gasteiger partial charge in [-0.1, -0.05) is 68.3 Å². The number of allylic oxidation sites excluding steroid dienone is 1. The Morgan fingerprint density at radius 1 is 0.923 bits per heavy atom. The molecule has 0 saturated carbocycles. The first kappa shape index (κ1) is 13.3. The molecule has 0 fully saturated rings. The minimum atomic E-state index is 0.403. The first-order valence-electron chi connectivity index (χ1n) is 5.06. The first-order valence-corrected chi connectivity index (χ1v) is 5.82. The van der Waals surface area contributed by atoms with Gasteiger partial charge in [0.25, 0.3) is 0 Å². The van der Waals surface area contributed by atoms with Crippen LogP contribution in [0.15, 0.2) is 10.6 Å². The van der Waals surface area contributed by atoms with Gasteiger partial charge in [-0.3, -0.25) is 0 Å². The van der Waals surface area contributed by atoms with E-state index < -0.39 is 0 Å². The van der Waals surface area contributed by atoms with Gasteiger partial charge in [-0.05, 0) is 19.3 Å². The molecule has 0 atom stereocenters. The van der Waals surface area contributed by atoms with E-state index in [4.69, 9.17) is 23.2 Å². The van der Waals surface area contributed by atoms with Crippen LogP contribution in [0.4, 0.5) is 0 Å². The third-order valence-corrected chi connectivity index (χ3v) is 2.30. The fourth-order valence-electron chi connectivity index (χ4n) is 1.23. The second kappa shape index (κ2) is 10.4. The van der Waals surface area contributed by atoms with Crippen LogP contribution in [0.1, 0.15) is 51.9 Å². The van der Waals surface area contributed by atoms with Crippen LogP contribution >= 0.6 is 23.2 Å². The van der Waals surface area contributed by atoms with Gasteiger partial charge in [0, 0.05) is 0 Å². The second-order valence-electron chi connectivity index (χ2n) is 3.25. The lowest BCUT2D eigenvalue weighted by Crippen LogP contribution is -1.79. The SMILES string of the molecule is C[CH]CCCCCCCC=C(Cl)Cl. The predicted molar refractivity (Wildman–Crippen MR) is 62.1 cm³/mol. The van der Waals surface area contributed by atoms with Crippen LogP contribution in [0, 0.1) is 6.42 Å². The van der Waals surface area contributed by atoms with E-state index in [2.05, 4.69) is 13.3 Å². The molecule has 0 aromatic carbocycles. The maximum absolute atomic E-state index is 5.48. The molecule has 13 heavy (non-hydrogen) atoms. The lowest BCUT2D eigenvalue weighted by atomic mass is 10.1. The third-order valence-electron chi connectivity index (χ3n) is 2.00. The number of rotatable bonds is 8. The molecule has 0 nitrogen and oxygen atoms in total. The van der Waals surface area contributed by atoms with E-state index in [0.717, 1.165) is 6.42 Å². The van der Waals surface area contributed by atoms with Crippen molar-refractivity contribution in [3.8, 4) is 0 Å². The number of unbranched alkanes of at least 4 members (excludes halogenated alkanes) is 7. The van der Waals surface area contributed by atoms with Gasteiger partial charge >= 0.3 is 0 Å². The predicted octanol–water partition coefficient (Wildman–Crippen LogP) is 5.26. The summed E-state index contributed by atoms with van der Waals surface area (Å²) in [6, 6.07) is 0. The van der Waals surface area contributed by atoms with Gasteiger partial charge in [-0.25, -0.2) is 0 Å². The number of hydrogen-bond acceptors (Lipinski definition) is 0. The van der Waals surface area contributed by atoms with Gasteiger partial charge in [-0.15, -0.1) is 0 Å². The van der Waals surface area contributed by atoms with E-state index in [0.29, 0.717) is 4.49 Å². The van der Waals surface area contributed by atoms with Crippen LogP contribution in [-0.2, 0) is 0 Å². The van der Waals surface area contributed by atoms with Crippen LogP contribution < -0.4 is 0 Å². The molecule has 0 amide bonds. The first-order chi connectivity index (χ1) is 6.27. The molecule has 1 radical (unpaired) electrons. The maximum atomic E-state index is 5.48. The third kappa shape index (κ3) is 12.3. The summed E-state index contributed by atoms with van der Waals surface area (Å²) in [6.45, 7) is 2.12. The normalized spacial score (nSPS) is 10.1. The summed E-state index contributed by atoms with van der Waals surface area (Å²) < 4.78 is 0.403. The van der Waals surface area contributed by atoms with Crippen molar-refractivity contribution in [1.29, 1.82) is 0 Å². The van der Waals surface area contributed by atoms with E-state index in [-0.39, 0.29) is 0 Å². The molecule has 0 unspecified atom stereocenters. The molecule has 0 aliphatic rings. The molecule has 0 aliphatic heterocycles. The number of hydrogen-bond donors (Lipinski definition) is 0. The molecular formula is C11H19Cl2. The molecule has 0 saturated heterocycles. The van der Waals surface area contributed by atoms with E-state index in [1.807, 2.05) is 6.08 Å². The molecule has 2 heteroatoms. The second-order valence-corrected chi connectivity index (χ2v) is 4.26. The van der Waals surface area contributed by atoms with Crippen LogP contribution in [0.5, 0.6) is 0 Å². The molecule has 0 aromatic heterocycles. The van der Waals surface area contributed by atoms with E-state index in [1.165, 1.54) is 38.5 Å². The Kier molecular flexibility index (Phi) is 10.7. The van der Waals surface area contributed by atoms with E-state index in [9.17, 15) is 0 Å². The average Bonchev–Trinajstić information content (AvgIpc) is 2.09. The lowest BCUT2D eigenvalue weighted by Gasteiger charge is -1.98. The highest BCUT2D eigenvalue weighted by molar-refractivity contribution is 6.55. The Morgan fingerprint density at radius 2 is 1.46 bits per heavy atom. The summed E-state index contributed by atoms with van der Waals surface area (Å²) in [7, 11) is 0. The Balaban J connectivity index is 2.96. The highest BCUT2D eigenvalue weighted by Gasteiger charge is 1.90. The summed E-state index contributed by atoms with van der Waals surface area (Å²) in [6.07, 6.45) is 12.9. The van der Waals surface area contributed by atoms with E-state index >= 15 is 0 Å².